The predicted molar refractivity (Wildman–Crippen MR) is 142 cm³/mol. The van der Waals surface area contributed by atoms with Gasteiger partial charge in [-0.05, 0) is 37.1 Å². The summed E-state index contributed by atoms with van der Waals surface area (Å²) in [4.78, 5) is 9.78. The topological polar surface area (TPSA) is 52.1 Å². The van der Waals surface area contributed by atoms with E-state index in [2.05, 4.69) is 67.5 Å². The Morgan fingerprint density at radius 3 is 2.71 bits per heavy atom. The molecule has 3 fully saturated rings. The van der Waals surface area contributed by atoms with Crippen LogP contribution in [0.25, 0.3) is 0 Å². The van der Waals surface area contributed by atoms with Gasteiger partial charge in [0.15, 0.2) is 5.96 Å². The van der Waals surface area contributed by atoms with Crippen molar-refractivity contribution >= 4 is 41.7 Å². The number of guanidine groups is 1. The van der Waals surface area contributed by atoms with Crippen LogP contribution in [0, 0.1) is 0 Å². The van der Waals surface area contributed by atoms with E-state index in [0.29, 0.717) is 6.04 Å². The van der Waals surface area contributed by atoms with E-state index in [1.165, 1.54) is 42.9 Å². The zero-order valence-corrected chi connectivity index (χ0v) is 21.9. The van der Waals surface area contributed by atoms with Crippen LogP contribution in [0.2, 0.25) is 0 Å². The van der Waals surface area contributed by atoms with Crippen LogP contribution >= 0.6 is 35.7 Å². The first-order valence-electron chi connectivity index (χ1n) is 11.4. The molecule has 0 amide bonds. The van der Waals surface area contributed by atoms with Gasteiger partial charge in [-0.15, -0.1) is 24.0 Å². The van der Waals surface area contributed by atoms with Crippen molar-refractivity contribution in [2.45, 2.75) is 37.4 Å². The number of likely N-dealkylation sites (tertiary alicyclic amines) is 1. The van der Waals surface area contributed by atoms with Gasteiger partial charge in [-0.1, -0.05) is 30.3 Å². The summed E-state index contributed by atoms with van der Waals surface area (Å²) in [6, 6.07) is 11.4. The first-order valence-corrected chi connectivity index (χ1v) is 12.6. The maximum absolute atomic E-state index is 5.59. The van der Waals surface area contributed by atoms with Gasteiger partial charge < -0.3 is 15.4 Å². The first kappa shape index (κ1) is 25.1. The van der Waals surface area contributed by atoms with E-state index in [-0.39, 0.29) is 29.5 Å². The molecule has 31 heavy (non-hydrogen) atoms. The summed E-state index contributed by atoms with van der Waals surface area (Å²) in [6.07, 6.45) is 3.78. The van der Waals surface area contributed by atoms with Crippen molar-refractivity contribution in [3.63, 3.8) is 0 Å². The van der Waals surface area contributed by atoms with Gasteiger partial charge in [0.05, 0.1) is 13.2 Å². The van der Waals surface area contributed by atoms with Crippen molar-refractivity contribution in [1.82, 2.24) is 20.4 Å². The minimum atomic E-state index is 0. The van der Waals surface area contributed by atoms with Gasteiger partial charge >= 0.3 is 0 Å². The third-order valence-electron chi connectivity index (χ3n) is 6.81. The van der Waals surface area contributed by atoms with Gasteiger partial charge in [0.1, 0.15) is 0 Å². The molecule has 0 spiro atoms. The molecule has 1 aromatic carbocycles. The largest absolute Gasteiger partial charge is 0.379 e. The van der Waals surface area contributed by atoms with E-state index >= 15 is 0 Å². The zero-order valence-electron chi connectivity index (χ0n) is 18.7. The SMILES string of the molecule is CN=C(NCC1CCCN1Cc1ccccc1)NCC1(N2CCOCC2)CCSC1.I. The number of rotatable bonds is 7. The minimum Gasteiger partial charge on any atom is -0.379 e. The molecule has 8 heteroatoms. The van der Waals surface area contributed by atoms with Gasteiger partial charge in [0.2, 0.25) is 0 Å². The molecule has 2 N–H and O–H groups in total. The Bertz CT molecular complexity index is 680. The molecule has 174 valence electrons. The van der Waals surface area contributed by atoms with E-state index < -0.39 is 0 Å². The van der Waals surface area contributed by atoms with Crippen molar-refractivity contribution in [2.75, 3.05) is 64.5 Å². The van der Waals surface area contributed by atoms with Crippen LogP contribution in [0.3, 0.4) is 0 Å². The van der Waals surface area contributed by atoms with E-state index in [9.17, 15) is 0 Å². The maximum atomic E-state index is 5.59. The summed E-state index contributed by atoms with van der Waals surface area (Å²) in [5, 5.41) is 7.28. The summed E-state index contributed by atoms with van der Waals surface area (Å²) in [7, 11) is 1.89. The lowest BCUT2D eigenvalue weighted by Crippen LogP contribution is -2.60. The van der Waals surface area contributed by atoms with Gasteiger partial charge in [-0.25, -0.2) is 0 Å². The molecule has 6 nitrogen and oxygen atoms in total. The molecule has 0 radical (unpaired) electrons. The second-order valence-corrected chi connectivity index (χ2v) is 9.79. The van der Waals surface area contributed by atoms with Crippen LogP contribution in [0.5, 0.6) is 0 Å². The van der Waals surface area contributed by atoms with Gasteiger partial charge in [-0.3, -0.25) is 14.8 Å². The monoisotopic (exact) mass is 559 g/mol. The fraction of sp³-hybridized carbons (Fsp3) is 0.696. The van der Waals surface area contributed by atoms with Crippen LogP contribution in [-0.2, 0) is 11.3 Å². The fourth-order valence-corrected chi connectivity index (χ4v) is 6.45. The van der Waals surface area contributed by atoms with Crippen molar-refractivity contribution in [1.29, 1.82) is 0 Å². The lowest BCUT2D eigenvalue weighted by Gasteiger charge is -2.43. The quantitative estimate of drug-likeness (QED) is 0.305. The summed E-state index contributed by atoms with van der Waals surface area (Å²) < 4.78 is 5.59. The van der Waals surface area contributed by atoms with Crippen molar-refractivity contribution in [3.8, 4) is 0 Å². The molecule has 1 aromatic rings. The Hall–Kier alpha value is -0.550. The number of halogens is 1. The molecule has 3 saturated heterocycles. The number of aliphatic imine (C=N–C) groups is 1. The normalized spacial score (nSPS) is 27.8. The smallest absolute Gasteiger partial charge is 0.191 e. The van der Waals surface area contributed by atoms with Crippen LogP contribution in [0.1, 0.15) is 24.8 Å². The molecular weight excluding hydrogens is 521 g/mol. The highest BCUT2D eigenvalue weighted by Crippen LogP contribution is 2.33. The lowest BCUT2D eigenvalue weighted by molar-refractivity contribution is -0.0120. The molecule has 2 unspecified atom stereocenters. The highest BCUT2D eigenvalue weighted by molar-refractivity contribution is 14.0. The third kappa shape index (κ3) is 6.72. The number of benzene rings is 1. The van der Waals surface area contributed by atoms with Crippen molar-refractivity contribution < 1.29 is 4.74 Å². The van der Waals surface area contributed by atoms with E-state index in [0.717, 1.165) is 51.9 Å². The number of nitrogens with one attached hydrogen (secondary N) is 2. The summed E-state index contributed by atoms with van der Waals surface area (Å²) in [5.74, 6) is 3.39. The van der Waals surface area contributed by atoms with Crippen molar-refractivity contribution in [2.24, 2.45) is 4.99 Å². The molecular formula is C23H38IN5OS. The molecule has 0 saturated carbocycles. The second-order valence-electron chi connectivity index (χ2n) is 8.69. The number of hydrogen-bond acceptors (Lipinski definition) is 5. The van der Waals surface area contributed by atoms with E-state index in [1.807, 2.05) is 7.05 Å². The molecule has 2 atom stereocenters. The van der Waals surface area contributed by atoms with Gasteiger partial charge in [0.25, 0.3) is 0 Å². The molecule has 0 bridgehead atoms. The number of nitrogens with zero attached hydrogens (tertiary/aromatic N) is 3. The Balaban J connectivity index is 0.00000272. The van der Waals surface area contributed by atoms with Gasteiger partial charge in [-0.2, -0.15) is 11.8 Å². The number of hydrogen-bond donors (Lipinski definition) is 2. The minimum absolute atomic E-state index is 0. The van der Waals surface area contributed by atoms with Crippen LogP contribution in [0.4, 0.5) is 0 Å². The fourth-order valence-electron chi connectivity index (χ4n) is 4.97. The highest BCUT2D eigenvalue weighted by atomic mass is 127. The van der Waals surface area contributed by atoms with Crippen LogP contribution in [0.15, 0.2) is 35.3 Å². The molecule has 3 aliphatic rings. The highest BCUT2D eigenvalue weighted by Gasteiger charge is 2.40. The number of ether oxygens (including phenoxy) is 1. The molecule has 4 rings (SSSR count). The Morgan fingerprint density at radius 1 is 1.19 bits per heavy atom. The van der Waals surface area contributed by atoms with Crippen LogP contribution in [-0.4, -0.2) is 91.8 Å². The molecule has 3 heterocycles. The maximum Gasteiger partial charge on any atom is 0.191 e. The lowest BCUT2D eigenvalue weighted by atomic mass is 9.95. The Labute approximate surface area is 209 Å². The van der Waals surface area contributed by atoms with Crippen LogP contribution < -0.4 is 10.6 Å². The Morgan fingerprint density at radius 2 is 2.00 bits per heavy atom. The average molecular weight is 560 g/mol. The van der Waals surface area contributed by atoms with Crippen molar-refractivity contribution in [3.05, 3.63) is 35.9 Å². The second kappa shape index (κ2) is 12.6. The molecule has 0 aliphatic carbocycles. The third-order valence-corrected chi connectivity index (χ3v) is 8.04. The summed E-state index contributed by atoms with van der Waals surface area (Å²) in [5.41, 5.74) is 1.64. The standard InChI is InChI=1S/C23H37N5OS.HI/c1-24-22(26-18-23(9-15-30-19-23)28-11-13-29-14-12-28)25-16-21-8-5-10-27(21)17-20-6-3-2-4-7-20;/h2-4,6-7,21H,5,8-19H2,1H3,(H2,24,25,26);1H. The average Bonchev–Trinajstić information content (AvgIpc) is 3.46. The first-order chi connectivity index (χ1) is 14.8. The Kier molecular flexibility index (Phi) is 10.2. The molecule has 3 aliphatic heterocycles. The van der Waals surface area contributed by atoms with E-state index in [4.69, 9.17) is 4.74 Å². The predicted octanol–water partition coefficient (Wildman–Crippen LogP) is 2.64. The number of thioether (sulfide) groups is 1. The van der Waals surface area contributed by atoms with E-state index in [1.54, 1.807) is 0 Å². The summed E-state index contributed by atoms with van der Waals surface area (Å²) in [6.45, 7) is 7.94. The van der Waals surface area contributed by atoms with Gasteiger partial charge in [0, 0.05) is 57.1 Å². The zero-order chi connectivity index (χ0) is 20.7. The number of morpholine rings is 1. The summed E-state index contributed by atoms with van der Waals surface area (Å²) >= 11 is 2.08. The molecule has 0 aromatic heterocycles.